The van der Waals surface area contributed by atoms with Gasteiger partial charge in [-0.25, -0.2) is 9.59 Å². The Morgan fingerprint density at radius 1 is 1.23 bits per heavy atom. The Kier molecular flexibility index (Phi) is 4.24. The maximum Gasteiger partial charge on any atom is 0.348 e. The van der Waals surface area contributed by atoms with Gasteiger partial charge in [-0.3, -0.25) is 13.9 Å². The van der Waals surface area contributed by atoms with Crippen molar-refractivity contribution in [1.29, 1.82) is 0 Å². The number of hydrogen-bond donors (Lipinski definition) is 0. The van der Waals surface area contributed by atoms with Crippen LogP contribution in [0.3, 0.4) is 0 Å². The van der Waals surface area contributed by atoms with Crippen LogP contribution in [0, 0.1) is 0 Å². The summed E-state index contributed by atoms with van der Waals surface area (Å²) >= 11 is 1.13. The maximum atomic E-state index is 12.8. The summed E-state index contributed by atoms with van der Waals surface area (Å²) in [6, 6.07) is 10.9. The van der Waals surface area contributed by atoms with Crippen molar-refractivity contribution in [3.05, 3.63) is 67.7 Å². The lowest BCUT2D eigenvalue weighted by Crippen LogP contribution is -2.38. The van der Waals surface area contributed by atoms with Gasteiger partial charge in [0.05, 0.1) is 11.9 Å². The molecule has 0 N–H and O–H groups in total. The van der Waals surface area contributed by atoms with Crippen LogP contribution in [-0.4, -0.2) is 21.2 Å². The molecule has 1 saturated carbocycles. The van der Waals surface area contributed by atoms with E-state index in [0.29, 0.717) is 15.1 Å². The molecule has 0 radical (unpaired) electrons. The second kappa shape index (κ2) is 6.57. The standard InChI is InChI=1S/C19H18N2O4S/c1-20-17-14(10-15(26-17)18(23)25-13-8-5-9-13)16(22)21(19(20)24)11-12-6-3-2-4-7-12/h2-4,6-7,10,13H,5,8-9,11H2,1H3. The van der Waals surface area contributed by atoms with Crippen molar-refractivity contribution in [3.8, 4) is 0 Å². The lowest BCUT2D eigenvalue weighted by atomic mass is 9.96. The van der Waals surface area contributed by atoms with E-state index in [1.807, 2.05) is 30.3 Å². The third kappa shape index (κ3) is 2.88. The summed E-state index contributed by atoms with van der Waals surface area (Å²) in [7, 11) is 1.61. The van der Waals surface area contributed by atoms with Crippen LogP contribution in [0.25, 0.3) is 10.2 Å². The van der Waals surface area contributed by atoms with Crippen molar-refractivity contribution in [1.82, 2.24) is 9.13 Å². The molecule has 0 aliphatic heterocycles. The average molecular weight is 370 g/mol. The summed E-state index contributed by atoms with van der Waals surface area (Å²) in [5.41, 5.74) is 0.0870. The highest BCUT2D eigenvalue weighted by atomic mass is 32.1. The van der Waals surface area contributed by atoms with Crippen molar-refractivity contribution < 1.29 is 9.53 Å². The van der Waals surface area contributed by atoms with E-state index in [9.17, 15) is 14.4 Å². The van der Waals surface area contributed by atoms with Gasteiger partial charge in [0.1, 0.15) is 15.8 Å². The van der Waals surface area contributed by atoms with Crippen LogP contribution in [0.2, 0.25) is 0 Å². The van der Waals surface area contributed by atoms with Crippen LogP contribution >= 0.6 is 11.3 Å². The molecule has 0 saturated heterocycles. The monoisotopic (exact) mass is 370 g/mol. The van der Waals surface area contributed by atoms with Gasteiger partial charge in [0.2, 0.25) is 0 Å². The Hall–Kier alpha value is -2.67. The molecule has 0 atom stereocenters. The molecule has 1 aliphatic rings. The Bertz CT molecular complexity index is 1090. The second-order valence-corrected chi connectivity index (χ2v) is 7.54. The summed E-state index contributed by atoms with van der Waals surface area (Å²) in [5, 5.41) is 0.369. The third-order valence-electron chi connectivity index (χ3n) is 4.72. The lowest BCUT2D eigenvalue weighted by molar-refractivity contribution is 0.00956. The molecule has 3 aromatic rings. The van der Waals surface area contributed by atoms with E-state index >= 15 is 0 Å². The number of nitrogens with zero attached hydrogens (tertiary/aromatic N) is 2. The number of thiophene rings is 1. The molecule has 1 aromatic carbocycles. The molecule has 0 spiro atoms. The molecule has 134 valence electrons. The molecule has 4 rings (SSSR count). The zero-order chi connectivity index (χ0) is 18.3. The number of rotatable bonds is 4. The maximum absolute atomic E-state index is 12.8. The highest BCUT2D eigenvalue weighted by Gasteiger charge is 2.24. The van der Waals surface area contributed by atoms with E-state index in [0.717, 1.165) is 36.2 Å². The normalized spacial score (nSPS) is 14.3. The molecule has 2 aromatic heterocycles. The molecule has 2 heterocycles. The first-order valence-electron chi connectivity index (χ1n) is 8.53. The van der Waals surface area contributed by atoms with Crippen molar-refractivity contribution in [2.24, 2.45) is 7.05 Å². The third-order valence-corrected chi connectivity index (χ3v) is 5.91. The van der Waals surface area contributed by atoms with Crippen molar-refractivity contribution in [2.45, 2.75) is 31.9 Å². The van der Waals surface area contributed by atoms with Crippen molar-refractivity contribution >= 4 is 27.5 Å². The summed E-state index contributed by atoms with van der Waals surface area (Å²) in [4.78, 5) is 38.6. The molecule has 1 fully saturated rings. The highest BCUT2D eigenvalue weighted by molar-refractivity contribution is 7.20. The fourth-order valence-corrected chi connectivity index (χ4v) is 3.98. The molecule has 0 amide bonds. The molecule has 0 bridgehead atoms. The molecule has 7 heteroatoms. The summed E-state index contributed by atoms with van der Waals surface area (Å²) in [6.45, 7) is 0.194. The summed E-state index contributed by atoms with van der Waals surface area (Å²) in [6.07, 6.45) is 2.83. The second-order valence-electron chi connectivity index (χ2n) is 6.51. The van der Waals surface area contributed by atoms with Gasteiger partial charge in [-0.05, 0) is 30.9 Å². The Morgan fingerprint density at radius 3 is 2.62 bits per heavy atom. The van der Waals surface area contributed by atoms with Crippen LogP contribution in [0.1, 0.15) is 34.5 Å². The highest BCUT2D eigenvalue weighted by Crippen LogP contribution is 2.27. The molecule has 0 unspecified atom stereocenters. The van der Waals surface area contributed by atoms with Crippen molar-refractivity contribution in [3.63, 3.8) is 0 Å². The van der Waals surface area contributed by atoms with Gasteiger partial charge in [-0.15, -0.1) is 11.3 Å². The minimum absolute atomic E-state index is 0.0220. The molecular weight excluding hydrogens is 352 g/mol. The molecule has 1 aliphatic carbocycles. The van der Waals surface area contributed by atoms with E-state index < -0.39 is 11.7 Å². The topological polar surface area (TPSA) is 70.3 Å². The minimum atomic E-state index is -0.419. The van der Waals surface area contributed by atoms with E-state index in [-0.39, 0.29) is 18.2 Å². The number of aromatic nitrogens is 2. The Balaban J connectivity index is 1.76. The van der Waals surface area contributed by atoms with Crippen LogP contribution in [0.5, 0.6) is 0 Å². The predicted octanol–water partition coefficient (Wildman–Crippen LogP) is 2.52. The number of carbonyl (C=O) groups excluding carboxylic acids is 1. The van der Waals surface area contributed by atoms with Crippen LogP contribution in [0.4, 0.5) is 0 Å². The van der Waals surface area contributed by atoms with Gasteiger partial charge in [0.15, 0.2) is 0 Å². The van der Waals surface area contributed by atoms with Crippen LogP contribution in [0.15, 0.2) is 46.0 Å². The Morgan fingerprint density at radius 2 is 1.96 bits per heavy atom. The number of fused-ring (bicyclic) bond motifs is 1. The van der Waals surface area contributed by atoms with Gasteiger partial charge in [0.25, 0.3) is 5.56 Å². The Labute approximate surface area is 153 Å². The summed E-state index contributed by atoms with van der Waals surface area (Å²) in [5.74, 6) is -0.419. The largest absolute Gasteiger partial charge is 0.458 e. The van der Waals surface area contributed by atoms with Gasteiger partial charge in [-0.1, -0.05) is 30.3 Å². The molecule has 6 nitrogen and oxygen atoms in total. The van der Waals surface area contributed by atoms with Gasteiger partial charge in [0, 0.05) is 7.05 Å². The van der Waals surface area contributed by atoms with E-state index in [1.165, 1.54) is 9.13 Å². The minimum Gasteiger partial charge on any atom is -0.458 e. The van der Waals surface area contributed by atoms with E-state index in [4.69, 9.17) is 4.74 Å². The number of benzene rings is 1. The van der Waals surface area contributed by atoms with Crippen LogP contribution < -0.4 is 11.2 Å². The number of aryl methyl sites for hydroxylation is 1. The summed E-state index contributed by atoms with van der Waals surface area (Å²) < 4.78 is 8.03. The number of hydrogen-bond acceptors (Lipinski definition) is 5. The zero-order valence-corrected chi connectivity index (χ0v) is 15.1. The van der Waals surface area contributed by atoms with E-state index in [2.05, 4.69) is 0 Å². The van der Waals surface area contributed by atoms with Gasteiger partial charge < -0.3 is 4.74 Å². The SMILES string of the molecule is Cn1c(=O)n(Cc2ccccc2)c(=O)c2cc(C(=O)OC3CCC3)sc21. The first kappa shape index (κ1) is 16.8. The first-order valence-corrected chi connectivity index (χ1v) is 9.34. The zero-order valence-electron chi connectivity index (χ0n) is 14.3. The van der Waals surface area contributed by atoms with E-state index in [1.54, 1.807) is 13.1 Å². The first-order chi connectivity index (χ1) is 12.5. The smallest absolute Gasteiger partial charge is 0.348 e. The van der Waals surface area contributed by atoms with Gasteiger partial charge in [-0.2, -0.15) is 0 Å². The fraction of sp³-hybridized carbons (Fsp3) is 0.316. The number of esters is 1. The fourth-order valence-electron chi connectivity index (χ4n) is 2.99. The van der Waals surface area contributed by atoms with Crippen molar-refractivity contribution in [2.75, 3.05) is 0 Å². The molecular formula is C19H18N2O4S. The van der Waals surface area contributed by atoms with Gasteiger partial charge >= 0.3 is 11.7 Å². The number of ether oxygens (including phenoxy) is 1. The number of carbonyl (C=O) groups is 1. The molecule has 26 heavy (non-hydrogen) atoms. The predicted molar refractivity (Wildman–Crippen MR) is 99.9 cm³/mol. The quantitative estimate of drug-likeness (QED) is 0.662. The lowest BCUT2D eigenvalue weighted by Gasteiger charge is -2.24. The van der Waals surface area contributed by atoms with Crippen LogP contribution in [-0.2, 0) is 18.3 Å². The average Bonchev–Trinajstić information content (AvgIpc) is 3.06.